The number of nitro groups is 1. The van der Waals surface area contributed by atoms with E-state index in [1.54, 1.807) is 5.01 Å². The number of aryl methyl sites for hydroxylation is 1. The van der Waals surface area contributed by atoms with E-state index in [0.29, 0.717) is 26.3 Å². The van der Waals surface area contributed by atoms with Gasteiger partial charge in [-0.3, -0.25) is 15.5 Å². The van der Waals surface area contributed by atoms with E-state index in [0.717, 1.165) is 0 Å². The van der Waals surface area contributed by atoms with Gasteiger partial charge in [-0.05, 0) is 6.92 Å². The first-order valence-corrected chi connectivity index (χ1v) is 5.46. The molecule has 1 aliphatic heterocycles. The van der Waals surface area contributed by atoms with Gasteiger partial charge in [-0.25, -0.2) is 9.99 Å². The van der Waals surface area contributed by atoms with Crippen LogP contribution in [0.1, 0.15) is 5.69 Å². The highest BCUT2D eigenvalue weighted by molar-refractivity contribution is 5.59. The lowest BCUT2D eigenvalue weighted by atomic mass is 10.3. The second-order valence-electron chi connectivity index (χ2n) is 3.83. The number of morpholine rings is 1. The number of hydrogen-bond acceptors (Lipinski definition) is 8. The van der Waals surface area contributed by atoms with Crippen LogP contribution in [0.2, 0.25) is 0 Å². The van der Waals surface area contributed by atoms with Crippen LogP contribution in [0.3, 0.4) is 0 Å². The van der Waals surface area contributed by atoms with Gasteiger partial charge in [0.1, 0.15) is 5.69 Å². The van der Waals surface area contributed by atoms with Gasteiger partial charge in [-0.2, -0.15) is 4.98 Å². The molecule has 9 heteroatoms. The van der Waals surface area contributed by atoms with Gasteiger partial charge in [-0.15, -0.1) is 0 Å². The van der Waals surface area contributed by atoms with Crippen LogP contribution in [0.4, 0.5) is 17.5 Å². The number of ether oxygens (including phenoxy) is 1. The Morgan fingerprint density at radius 3 is 2.72 bits per heavy atom. The lowest BCUT2D eigenvalue weighted by Crippen LogP contribution is -2.40. The number of hydrogen-bond donors (Lipinski definition) is 2. The third-order valence-electron chi connectivity index (χ3n) is 2.53. The molecular formula is C9H14N6O3. The van der Waals surface area contributed by atoms with Crippen molar-refractivity contribution in [2.75, 3.05) is 37.5 Å². The quantitative estimate of drug-likeness (QED) is 0.568. The second-order valence-corrected chi connectivity index (χ2v) is 3.83. The van der Waals surface area contributed by atoms with E-state index in [2.05, 4.69) is 15.4 Å². The van der Waals surface area contributed by atoms with Crippen LogP contribution in [0.15, 0.2) is 0 Å². The van der Waals surface area contributed by atoms with Gasteiger partial charge in [0.2, 0.25) is 11.8 Å². The SMILES string of the molecule is Cc1nc(N)nc(NN2CCOCC2)c1[N+](=O)[O-]. The van der Waals surface area contributed by atoms with Crippen LogP contribution < -0.4 is 11.2 Å². The monoisotopic (exact) mass is 254 g/mol. The summed E-state index contributed by atoms with van der Waals surface area (Å²) >= 11 is 0. The van der Waals surface area contributed by atoms with Crippen LogP contribution in [0.5, 0.6) is 0 Å². The molecule has 1 fully saturated rings. The van der Waals surface area contributed by atoms with E-state index >= 15 is 0 Å². The average Bonchev–Trinajstić information content (AvgIpc) is 2.28. The van der Waals surface area contributed by atoms with Gasteiger partial charge in [0, 0.05) is 13.1 Å². The third kappa shape index (κ3) is 2.63. The van der Waals surface area contributed by atoms with Crippen molar-refractivity contribution in [2.24, 2.45) is 0 Å². The lowest BCUT2D eigenvalue weighted by Gasteiger charge is -2.27. The Morgan fingerprint density at radius 2 is 2.11 bits per heavy atom. The van der Waals surface area contributed by atoms with Gasteiger partial charge in [0.05, 0.1) is 18.1 Å². The molecule has 0 amide bonds. The fourth-order valence-corrected chi connectivity index (χ4v) is 1.71. The van der Waals surface area contributed by atoms with Gasteiger partial charge >= 0.3 is 5.69 Å². The number of hydrazine groups is 1. The average molecular weight is 254 g/mol. The minimum absolute atomic E-state index is 0.00820. The third-order valence-corrected chi connectivity index (χ3v) is 2.53. The van der Waals surface area contributed by atoms with Crippen molar-refractivity contribution in [1.82, 2.24) is 15.0 Å². The van der Waals surface area contributed by atoms with Crippen molar-refractivity contribution in [3.8, 4) is 0 Å². The summed E-state index contributed by atoms with van der Waals surface area (Å²) in [4.78, 5) is 18.2. The highest BCUT2D eigenvalue weighted by Crippen LogP contribution is 2.26. The zero-order valence-electron chi connectivity index (χ0n) is 9.92. The van der Waals surface area contributed by atoms with Crippen LogP contribution in [-0.4, -0.2) is 46.2 Å². The van der Waals surface area contributed by atoms with Crippen molar-refractivity contribution in [3.05, 3.63) is 15.8 Å². The van der Waals surface area contributed by atoms with Crippen molar-refractivity contribution >= 4 is 17.5 Å². The first-order chi connectivity index (χ1) is 8.58. The zero-order chi connectivity index (χ0) is 13.1. The van der Waals surface area contributed by atoms with E-state index in [4.69, 9.17) is 10.5 Å². The maximum Gasteiger partial charge on any atom is 0.333 e. The molecule has 0 bridgehead atoms. The molecule has 0 aromatic carbocycles. The fraction of sp³-hybridized carbons (Fsp3) is 0.556. The Hall–Kier alpha value is -2.00. The summed E-state index contributed by atoms with van der Waals surface area (Å²) in [7, 11) is 0. The standard InChI is InChI=1S/C9H14N6O3/c1-6-7(15(16)17)8(12-9(10)11-6)13-14-2-4-18-5-3-14/h2-5H2,1H3,(H3,10,11,12,13). The van der Waals surface area contributed by atoms with Crippen LogP contribution in [0, 0.1) is 17.0 Å². The molecule has 0 spiro atoms. The molecule has 0 unspecified atom stereocenters. The predicted octanol–water partition coefficient (Wildman–Crippen LogP) is -0.0655. The maximum absolute atomic E-state index is 11.0. The summed E-state index contributed by atoms with van der Waals surface area (Å²) < 4.78 is 5.19. The highest BCUT2D eigenvalue weighted by Gasteiger charge is 2.23. The molecule has 0 saturated carbocycles. The predicted molar refractivity (Wildman–Crippen MR) is 63.9 cm³/mol. The summed E-state index contributed by atoms with van der Waals surface area (Å²) in [6.07, 6.45) is 0. The number of nitrogen functional groups attached to an aromatic ring is 1. The fourth-order valence-electron chi connectivity index (χ4n) is 1.71. The van der Waals surface area contributed by atoms with Crippen molar-refractivity contribution in [2.45, 2.75) is 6.92 Å². The number of nitrogens with two attached hydrogens (primary N) is 1. The molecule has 0 atom stereocenters. The van der Waals surface area contributed by atoms with Gasteiger partial charge in [0.15, 0.2) is 0 Å². The molecule has 9 nitrogen and oxygen atoms in total. The second kappa shape index (κ2) is 5.10. The summed E-state index contributed by atoms with van der Waals surface area (Å²) in [5, 5.41) is 12.8. The highest BCUT2D eigenvalue weighted by atomic mass is 16.6. The molecule has 98 valence electrons. The minimum atomic E-state index is -0.516. The molecule has 1 aliphatic rings. The Morgan fingerprint density at radius 1 is 1.44 bits per heavy atom. The largest absolute Gasteiger partial charge is 0.379 e. The number of anilines is 2. The normalized spacial score (nSPS) is 16.5. The lowest BCUT2D eigenvalue weighted by molar-refractivity contribution is -0.385. The molecule has 2 heterocycles. The summed E-state index contributed by atoms with van der Waals surface area (Å²) in [6.45, 7) is 3.92. The molecular weight excluding hydrogens is 240 g/mol. The number of aromatic nitrogens is 2. The van der Waals surface area contributed by atoms with E-state index in [9.17, 15) is 10.1 Å². The van der Waals surface area contributed by atoms with Crippen LogP contribution in [-0.2, 0) is 4.74 Å². The molecule has 18 heavy (non-hydrogen) atoms. The van der Waals surface area contributed by atoms with Crippen molar-refractivity contribution in [3.63, 3.8) is 0 Å². The zero-order valence-corrected chi connectivity index (χ0v) is 9.92. The first kappa shape index (κ1) is 12.5. The Labute approximate surface area is 103 Å². The molecule has 3 N–H and O–H groups in total. The van der Waals surface area contributed by atoms with Crippen LogP contribution in [0.25, 0.3) is 0 Å². The van der Waals surface area contributed by atoms with E-state index in [1.165, 1.54) is 6.92 Å². The minimum Gasteiger partial charge on any atom is -0.379 e. The molecule has 0 aliphatic carbocycles. The Kier molecular flexibility index (Phi) is 3.53. The molecule has 1 aromatic rings. The summed E-state index contributed by atoms with van der Waals surface area (Å²) in [5.41, 5.74) is 8.48. The van der Waals surface area contributed by atoms with E-state index < -0.39 is 4.92 Å². The Balaban J connectivity index is 2.27. The van der Waals surface area contributed by atoms with Crippen LogP contribution >= 0.6 is 0 Å². The van der Waals surface area contributed by atoms with Crippen molar-refractivity contribution in [1.29, 1.82) is 0 Å². The van der Waals surface area contributed by atoms with Gasteiger partial charge < -0.3 is 10.5 Å². The van der Waals surface area contributed by atoms with E-state index in [1.807, 2.05) is 0 Å². The molecule has 1 saturated heterocycles. The molecule has 2 rings (SSSR count). The van der Waals surface area contributed by atoms with Crippen molar-refractivity contribution < 1.29 is 9.66 Å². The molecule has 1 aromatic heterocycles. The smallest absolute Gasteiger partial charge is 0.333 e. The number of rotatable bonds is 3. The summed E-state index contributed by atoms with van der Waals surface area (Å²) in [6, 6.07) is 0. The van der Waals surface area contributed by atoms with Gasteiger partial charge in [-0.1, -0.05) is 0 Å². The maximum atomic E-state index is 11.0. The van der Waals surface area contributed by atoms with E-state index in [-0.39, 0.29) is 23.1 Å². The first-order valence-electron chi connectivity index (χ1n) is 5.46. The number of nitrogens with one attached hydrogen (secondary N) is 1. The Bertz CT molecular complexity index is 460. The number of nitrogens with zero attached hydrogens (tertiary/aromatic N) is 4. The molecule has 0 radical (unpaired) electrons. The van der Waals surface area contributed by atoms with Gasteiger partial charge in [0.25, 0.3) is 0 Å². The topological polar surface area (TPSA) is 119 Å². The summed E-state index contributed by atoms with van der Waals surface area (Å²) in [5.74, 6) is 0.126.